The van der Waals surface area contributed by atoms with E-state index >= 15 is 0 Å². The summed E-state index contributed by atoms with van der Waals surface area (Å²) in [6.07, 6.45) is 0. The number of H-pyrrole nitrogens is 1. The van der Waals surface area contributed by atoms with Gasteiger partial charge < -0.3 is 9.72 Å². The molecule has 1 fully saturated rings. The number of rotatable bonds is 3. The molecule has 0 aliphatic carbocycles. The number of nitrogens with one attached hydrogen (secondary N) is 1. The molecule has 3 aromatic rings. The van der Waals surface area contributed by atoms with E-state index in [-0.39, 0.29) is 22.6 Å². The first-order chi connectivity index (χ1) is 14.5. The summed E-state index contributed by atoms with van der Waals surface area (Å²) >= 11 is 2.40. The number of hydrogen-bond donors (Lipinski definition) is 1. The Kier molecular flexibility index (Phi) is 4.56. The van der Waals surface area contributed by atoms with Gasteiger partial charge in [0.2, 0.25) is 11.8 Å². The van der Waals surface area contributed by atoms with Crippen molar-refractivity contribution in [3.63, 3.8) is 0 Å². The maximum absolute atomic E-state index is 13.6. The molecule has 8 heteroatoms. The van der Waals surface area contributed by atoms with Gasteiger partial charge >= 0.3 is 4.87 Å². The fourth-order valence-corrected chi connectivity index (χ4v) is 6.75. The van der Waals surface area contributed by atoms with E-state index in [1.54, 1.807) is 13.2 Å². The van der Waals surface area contributed by atoms with Gasteiger partial charge in [0.1, 0.15) is 11.0 Å². The second kappa shape index (κ2) is 7.14. The van der Waals surface area contributed by atoms with Crippen LogP contribution < -0.4 is 14.5 Å². The maximum Gasteiger partial charge on any atom is 0.305 e. The minimum absolute atomic E-state index is 0.179. The van der Waals surface area contributed by atoms with Crippen molar-refractivity contribution in [1.82, 2.24) is 4.98 Å². The number of aromatic amines is 1. The number of nitrogens with zero attached hydrogens (tertiary/aromatic N) is 1. The van der Waals surface area contributed by atoms with Gasteiger partial charge in [0.25, 0.3) is 0 Å². The summed E-state index contributed by atoms with van der Waals surface area (Å²) in [5, 5.41) is 0.0989. The van der Waals surface area contributed by atoms with Gasteiger partial charge in [0.15, 0.2) is 0 Å². The molecule has 0 saturated carbocycles. The van der Waals surface area contributed by atoms with Gasteiger partial charge in [0, 0.05) is 10.8 Å². The number of thiazole rings is 1. The van der Waals surface area contributed by atoms with Gasteiger partial charge in [-0.2, -0.15) is 0 Å². The maximum atomic E-state index is 13.6. The highest BCUT2D eigenvalue weighted by molar-refractivity contribution is 8.00. The molecule has 0 spiro atoms. The highest BCUT2D eigenvalue weighted by Gasteiger charge is 2.56. The number of aromatic nitrogens is 1. The first kappa shape index (κ1) is 19.1. The molecule has 1 N–H and O–H groups in total. The fourth-order valence-electron chi connectivity index (χ4n) is 4.24. The first-order valence-corrected chi connectivity index (χ1v) is 11.2. The largest absolute Gasteiger partial charge is 0.497 e. The third kappa shape index (κ3) is 2.82. The molecule has 30 heavy (non-hydrogen) atoms. The fraction of sp³-hybridized carbons (Fsp3) is 0.227. The number of ether oxygens (including phenoxy) is 1. The number of methoxy groups -OCH3 is 1. The van der Waals surface area contributed by atoms with Crippen LogP contribution in [0.2, 0.25) is 0 Å². The number of imide groups is 1. The summed E-state index contributed by atoms with van der Waals surface area (Å²) in [6.45, 7) is 1.89. The van der Waals surface area contributed by atoms with E-state index in [4.69, 9.17) is 4.74 Å². The van der Waals surface area contributed by atoms with E-state index in [1.807, 2.05) is 49.4 Å². The molecule has 6 nitrogen and oxygen atoms in total. The van der Waals surface area contributed by atoms with Gasteiger partial charge in [-0.05, 0) is 36.2 Å². The third-order valence-electron chi connectivity index (χ3n) is 5.66. The smallest absolute Gasteiger partial charge is 0.305 e. The predicted octanol–water partition coefficient (Wildman–Crippen LogP) is 3.55. The summed E-state index contributed by atoms with van der Waals surface area (Å²) in [5.41, 5.74) is 2.37. The van der Waals surface area contributed by atoms with Crippen LogP contribution in [0.1, 0.15) is 21.9 Å². The zero-order valence-corrected chi connectivity index (χ0v) is 17.9. The van der Waals surface area contributed by atoms with Crippen LogP contribution in [0.15, 0.2) is 58.4 Å². The number of para-hydroxylation sites is 1. The monoisotopic (exact) mass is 438 g/mol. The average Bonchev–Trinajstić information content (AvgIpc) is 3.24. The van der Waals surface area contributed by atoms with Crippen LogP contribution in [0.25, 0.3) is 0 Å². The van der Waals surface area contributed by atoms with Crippen molar-refractivity contribution >= 4 is 40.6 Å². The van der Waals surface area contributed by atoms with Crippen molar-refractivity contribution in [3.05, 3.63) is 74.2 Å². The number of carbonyl (C=O) groups excluding carboxylic acids is 2. The van der Waals surface area contributed by atoms with Crippen molar-refractivity contribution in [3.8, 4) is 5.75 Å². The van der Waals surface area contributed by atoms with Crippen LogP contribution in [-0.4, -0.2) is 29.2 Å². The zero-order chi connectivity index (χ0) is 21.0. The number of aryl methyl sites for hydroxylation is 1. The Morgan fingerprint density at radius 2 is 1.73 bits per heavy atom. The van der Waals surface area contributed by atoms with E-state index in [9.17, 15) is 14.4 Å². The summed E-state index contributed by atoms with van der Waals surface area (Å²) in [6, 6.07) is 14.9. The molecule has 3 atom stereocenters. The van der Waals surface area contributed by atoms with Crippen molar-refractivity contribution < 1.29 is 14.3 Å². The topological polar surface area (TPSA) is 79.5 Å². The molecule has 2 aliphatic heterocycles. The lowest BCUT2D eigenvalue weighted by molar-refractivity contribution is -0.122. The number of anilines is 1. The van der Waals surface area contributed by atoms with Crippen LogP contribution in [0.4, 0.5) is 5.69 Å². The molecule has 3 heterocycles. The summed E-state index contributed by atoms with van der Waals surface area (Å²) in [4.78, 5) is 43.9. The molecular formula is C22H18N2O4S2. The molecule has 1 aromatic heterocycles. The first-order valence-electron chi connectivity index (χ1n) is 9.46. The SMILES string of the molecule is COc1ccc([C@@H]2c3sc(=O)[nH]c3S[C@@H]3C(=O)N(c4ccccc4C)C(=O)[C@H]23)cc1. The van der Waals surface area contributed by atoms with Crippen LogP contribution in [0, 0.1) is 12.8 Å². The summed E-state index contributed by atoms with van der Waals surface area (Å²) < 4.78 is 5.26. The number of fused-ring (bicyclic) bond motifs is 2. The average molecular weight is 439 g/mol. The van der Waals surface area contributed by atoms with Gasteiger partial charge in [0.05, 0.1) is 23.7 Å². The lowest BCUT2D eigenvalue weighted by Crippen LogP contribution is -2.32. The molecule has 0 unspecified atom stereocenters. The highest BCUT2D eigenvalue weighted by Crippen LogP contribution is 2.53. The molecule has 0 radical (unpaired) electrons. The van der Waals surface area contributed by atoms with E-state index in [1.165, 1.54) is 16.7 Å². The van der Waals surface area contributed by atoms with Crippen LogP contribution in [0.3, 0.4) is 0 Å². The Morgan fingerprint density at radius 1 is 1.00 bits per heavy atom. The van der Waals surface area contributed by atoms with Crippen LogP contribution >= 0.6 is 23.1 Å². The standard InChI is InChI=1S/C22H18N2O4S2/c1-11-5-3-4-6-14(11)24-20(25)16-15(12-7-9-13(28-2)10-8-12)17-19(23-22(27)30-17)29-18(16)21(24)26/h3-10,15-16,18H,1-2H3,(H,23,27)/t15-,16+,18-/m0/s1. The third-order valence-corrected chi connectivity index (χ3v) is 8.06. The number of thioether (sulfide) groups is 1. The number of carbonyl (C=O) groups is 2. The normalized spacial score (nSPS) is 22.7. The Morgan fingerprint density at radius 3 is 2.43 bits per heavy atom. The van der Waals surface area contributed by atoms with Gasteiger partial charge in [-0.3, -0.25) is 14.4 Å². The van der Waals surface area contributed by atoms with Gasteiger partial charge in [-0.1, -0.05) is 53.4 Å². The molecule has 0 bridgehead atoms. The Labute approximate surface area is 180 Å². The van der Waals surface area contributed by atoms with Crippen molar-refractivity contribution in [2.75, 3.05) is 12.0 Å². The molecule has 2 aliphatic rings. The lowest BCUT2D eigenvalue weighted by atomic mass is 9.83. The van der Waals surface area contributed by atoms with E-state index < -0.39 is 11.2 Å². The number of benzene rings is 2. The molecule has 152 valence electrons. The molecule has 2 aromatic carbocycles. The molecular weight excluding hydrogens is 420 g/mol. The van der Waals surface area contributed by atoms with Crippen molar-refractivity contribution in [2.24, 2.45) is 5.92 Å². The van der Waals surface area contributed by atoms with Crippen LogP contribution in [-0.2, 0) is 9.59 Å². The Balaban J connectivity index is 1.65. The van der Waals surface area contributed by atoms with E-state index in [0.717, 1.165) is 27.3 Å². The van der Waals surface area contributed by atoms with Crippen LogP contribution in [0.5, 0.6) is 5.75 Å². The van der Waals surface area contributed by atoms with Gasteiger partial charge in [-0.15, -0.1) is 0 Å². The second-order valence-corrected chi connectivity index (χ2v) is 9.49. The number of hydrogen-bond acceptors (Lipinski definition) is 6. The zero-order valence-electron chi connectivity index (χ0n) is 16.2. The lowest BCUT2D eigenvalue weighted by Gasteiger charge is -2.29. The van der Waals surface area contributed by atoms with Gasteiger partial charge in [-0.25, -0.2) is 4.90 Å². The minimum Gasteiger partial charge on any atom is -0.497 e. The quantitative estimate of drug-likeness (QED) is 0.633. The Hall–Kier alpha value is -2.84. The predicted molar refractivity (Wildman–Crippen MR) is 117 cm³/mol. The molecule has 2 amide bonds. The van der Waals surface area contributed by atoms with Crippen molar-refractivity contribution in [1.29, 1.82) is 0 Å². The summed E-state index contributed by atoms with van der Waals surface area (Å²) in [5.74, 6) is -0.695. The summed E-state index contributed by atoms with van der Waals surface area (Å²) in [7, 11) is 1.59. The number of amides is 2. The van der Waals surface area contributed by atoms with Crippen molar-refractivity contribution in [2.45, 2.75) is 23.1 Å². The highest BCUT2D eigenvalue weighted by atomic mass is 32.2. The molecule has 5 rings (SSSR count). The van der Waals surface area contributed by atoms with E-state index in [0.29, 0.717) is 16.5 Å². The Bertz CT molecular complexity index is 1210. The molecule has 1 saturated heterocycles. The van der Waals surface area contributed by atoms with E-state index in [2.05, 4.69) is 4.98 Å². The second-order valence-electron chi connectivity index (χ2n) is 7.32. The minimum atomic E-state index is -0.582.